The third-order valence-corrected chi connectivity index (χ3v) is 4.66. The smallest absolute Gasteiger partial charge is 0.135 e. The van der Waals surface area contributed by atoms with E-state index in [0.29, 0.717) is 23.2 Å². The van der Waals surface area contributed by atoms with Gasteiger partial charge in [-0.3, -0.25) is 9.59 Å². The number of Topliss-reactive ketones (excluding diaryl/α,β-unsaturated/α-hetero) is 2. The number of benzene rings is 1. The third-order valence-electron chi connectivity index (χ3n) is 4.66. The van der Waals surface area contributed by atoms with E-state index in [1.54, 1.807) is 0 Å². The maximum absolute atomic E-state index is 10.6. The minimum atomic E-state index is 0.375. The number of carbonyl (C=O) groups is 2. The summed E-state index contributed by atoms with van der Waals surface area (Å²) in [7, 11) is 0. The van der Waals surface area contributed by atoms with Crippen molar-refractivity contribution in [2.24, 2.45) is 5.92 Å². The van der Waals surface area contributed by atoms with Crippen molar-refractivity contribution in [1.82, 2.24) is 0 Å². The largest absolute Gasteiger partial charge is 0.507 e. The molecule has 1 aromatic carbocycles. The molecule has 2 aliphatic carbocycles. The number of aryl methyl sites for hydroxylation is 3. The quantitative estimate of drug-likeness (QED) is 0.709. The van der Waals surface area contributed by atoms with Crippen LogP contribution in [0.15, 0.2) is 12.1 Å². The van der Waals surface area contributed by atoms with Gasteiger partial charge in [0.25, 0.3) is 0 Å². The van der Waals surface area contributed by atoms with E-state index < -0.39 is 0 Å². The highest BCUT2D eigenvalue weighted by atomic mass is 16.3. The minimum absolute atomic E-state index is 0.375. The van der Waals surface area contributed by atoms with Crippen molar-refractivity contribution in [1.29, 1.82) is 0 Å². The lowest BCUT2D eigenvalue weighted by Gasteiger charge is -2.05. The molecule has 0 radical (unpaired) electrons. The fourth-order valence-electron chi connectivity index (χ4n) is 3.11. The number of phenolic OH excluding ortho intramolecular Hbond substituents is 1. The molecule has 0 heterocycles. The second-order valence-electron chi connectivity index (χ2n) is 7.11. The Morgan fingerprint density at radius 1 is 0.875 bits per heavy atom. The van der Waals surface area contributed by atoms with Crippen LogP contribution in [0, 0.1) is 26.7 Å². The van der Waals surface area contributed by atoms with Gasteiger partial charge in [0.1, 0.15) is 17.3 Å². The number of hydrogen-bond donors (Lipinski definition) is 1. The molecule has 0 bridgehead atoms. The normalized spacial score (nSPS) is 19.9. The summed E-state index contributed by atoms with van der Waals surface area (Å²) < 4.78 is 0. The summed E-state index contributed by atoms with van der Waals surface area (Å²) in [5, 5.41) is 9.33. The van der Waals surface area contributed by atoms with Crippen molar-refractivity contribution in [3.8, 4) is 5.75 Å². The van der Waals surface area contributed by atoms with E-state index >= 15 is 0 Å². The van der Waals surface area contributed by atoms with Crippen LogP contribution in [0.2, 0.25) is 0 Å². The zero-order valence-corrected chi connectivity index (χ0v) is 15.7. The molecule has 1 atom stereocenters. The predicted octanol–water partition coefficient (Wildman–Crippen LogP) is 5.21. The summed E-state index contributed by atoms with van der Waals surface area (Å²) in [6, 6.07) is 3.95. The maximum Gasteiger partial charge on any atom is 0.135 e. The standard InChI is InChI=1S/C9H12O.2C6H10O/c1-6-4-7(2)9(10)8(3)5-6;1-5-3-2-4-6(5)7;7-6-4-2-1-3-5-6/h4-5,10H,1-3H3;5H,2-4H2,1H3;1-5H2. The lowest BCUT2D eigenvalue weighted by atomic mass is 10.00. The van der Waals surface area contributed by atoms with Crippen LogP contribution in [-0.2, 0) is 9.59 Å². The van der Waals surface area contributed by atoms with Crippen molar-refractivity contribution < 1.29 is 14.7 Å². The highest BCUT2D eigenvalue weighted by Crippen LogP contribution is 2.22. The predicted molar refractivity (Wildman–Crippen MR) is 98.4 cm³/mol. The van der Waals surface area contributed by atoms with Gasteiger partial charge in [0.05, 0.1) is 0 Å². The monoisotopic (exact) mass is 332 g/mol. The Hall–Kier alpha value is -1.64. The van der Waals surface area contributed by atoms with Crippen molar-refractivity contribution in [3.63, 3.8) is 0 Å². The first-order valence-corrected chi connectivity index (χ1v) is 9.12. The topological polar surface area (TPSA) is 54.4 Å². The van der Waals surface area contributed by atoms with Gasteiger partial charge in [0, 0.05) is 25.2 Å². The van der Waals surface area contributed by atoms with Crippen molar-refractivity contribution in [3.05, 3.63) is 28.8 Å². The van der Waals surface area contributed by atoms with Crippen LogP contribution in [0.5, 0.6) is 5.75 Å². The van der Waals surface area contributed by atoms with Crippen LogP contribution in [0.1, 0.15) is 75.0 Å². The number of ketones is 2. The van der Waals surface area contributed by atoms with Crippen LogP contribution in [0.25, 0.3) is 0 Å². The molecule has 0 amide bonds. The van der Waals surface area contributed by atoms with Crippen LogP contribution in [0.3, 0.4) is 0 Å². The van der Waals surface area contributed by atoms with Gasteiger partial charge in [-0.2, -0.15) is 0 Å². The van der Waals surface area contributed by atoms with Gasteiger partial charge in [-0.15, -0.1) is 0 Å². The van der Waals surface area contributed by atoms with Gasteiger partial charge in [0.2, 0.25) is 0 Å². The third kappa shape index (κ3) is 7.29. The SMILES string of the molecule is CC1CCCC1=O.Cc1cc(C)c(O)c(C)c1.O=C1CCCCC1. The molecule has 2 aliphatic rings. The molecule has 2 saturated carbocycles. The first-order valence-electron chi connectivity index (χ1n) is 9.12. The van der Waals surface area contributed by atoms with E-state index in [1.165, 1.54) is 12.0 Å². The first kappa shape index (κ1) is 20.4. The summed E-state index contributed by atoms with van der Waals surface area (Å²) in [6.45, 7) is 7.86. The molecule has 1 unspecified atom stereocenters. The van der Waals surface area contributed by atoms with E-state index in [4.69, 9.17) is 0 Å². The average Bonchev–Trinajstić information content (AvgIpc) is 2.90. The minimum Gasteiger partial charge on any atom is -0.507 e. The van der Waals surface area contributed by atoms with Gasteiger partial charge in [-0.1, -0.05) is 31.0 Å². The second kappa shape index (κ2) is 10.3. The Balaban J connectivity index is 0.000000185. The molecule has 24 heavy (non-hydrogen) atoms. The van der Waals surface area contributed by atoms with Gasteiger partial charge >= 0.3 is 0 Å². The maximum atomic E-state index is 10.6. The summed E-state index contributed by atoms with van der Waals surface area (Å²) in [4.78, 5) is 21.0. The van der Waals surface area contributed by atoms with Gasteiger partial charge in [0.15, 0.2) is 0 Å². The fraction of sp³-hybridized carbons (Fsp3) is 0.619. The molecular weight excluding hydrogens is 300 g/mol. The van der Waals surface area contributed by atoms with Crippen molar-refractivity contribution in [2.75, 3.05) is 0 Å². The van der Waals surface area contributed by atoms with Crippen LogP contribution >= 0.6 is 0 Å². The number of phenols is 1. The zero-order valence-electron chi connectivity index (χ0n) is 15.7. The Morgan fingerprint density at radius 2 is 1.42 bits per heavy atom. The molecule has 0 spiro atoms. The van der Waals surface area contributed by atoms with E-state index in [9.17, 15) is 14.7 Å². The van der Waals surface area contributed by atoms with Crippen LogP contribution in [0.4, 0.5) is 0 Å². The number of hydrogen-bond acceptors (Lipinski definition) is 3. The lowest BCUT2D eigenvalue weighted by Crippen LogP contribution is -2.02. The molecule has 3 heteroatoms. The van der Waals surface area contributed by atoms with Gasteiger partial charge in [-0.05, 0) is 57.6 Å². The lowest BCUT2D eigenvalue weighted by molar-refractivity contribution is -0.121. The summed E-state index contributed by atoms with van der Waals surface area (Å²) in [5.74, 6) is 1.72. The Labute approximate surface area is 146 Å². The Bertz CT molecular complexity index is 529. The molecule has 0 aromatic heterocycles. The van der Waals surface area contributed by atoms with Gasteiger partial charge in [-0.25, -0.2) is 0 Å². The molecule has 0 aliphatic heterocycles. The highest BCUT2D eigenvalue weighted by molar-refractivity contribution is 5.82. The number of carbonyl (C=O) groups excluding carboxylic acids is 2. The van der Waals surface area contributed by atoms with Crippen molar-refractivity contribution >= 4 is 11.6 Å². The summed E-state index contributed by atoms with van der Waals surface area (Å²) >= 11 is 0. The summed E-state index contributed by atoms with van der Waals surface area (Å²) in [6.07, 6.45) is 8.32. The number of aromatic hydroxyl groups is 1. The highest BCUT2D eigenvalue weighted by Gasteiger charge is 2.18. The van der Waals surface area contributed by atoms with Crippen LogP contribution < -0.4 is 0 Å². The molecule has 3 rings (SSSR count). The Kier molecular flexibility index (Phi) is 8.73. The fourth-order valence-corrected chi connectivity index (χ4v) is 3.11. The first-order chi connectivity index (χ1) is 11.3. The molecule has 134 valence electrons. The van der Waals surface area contributed by atoms with E-state index in [2.05, 4.69) is 0 Å². The van der Waals surface area contributed by atoms with Crippen LogP contribution in [-0.4, -0.2) is 16.7 Å². The average molecular weight is 332 g/mol. The molecular formula is C21H32O3. The molecule has 0 saturated heterocycles. The summed E-state index contributed by atoms with van der Waals surface area (Å²) in [5.41, 5.74) is 3.11. The molecule has 2 fully saturated rings. The van der Waals surface area contributed by atoms with E-state index in [1.807, 2.05) is 39.8 Å². The zero-order chi connectivity index (χ0) is 18.1. The second-order valence-corrected chi connectivity index (χ2v) is 7.11. The Morgan fingerprint density at radius 3 is 1.71 bits per heavy atom. The molecule has 1 N–H and O–H groups in total. The molecule has 1 aromatic rings. The van der Waals surface area contributed by atoms with Gasteiger partial charge < -0.3 is 5.11 Å². The molecule has 3 nitrogen and oxygen atoms in total. The van der Waals surface area contributed by atoms with E-state index in [-0.39, 0.29) is 0 Å². The van der Waals surface area contributed by atoms with Crippen molar-refractivity contribution in [2.45, 2.75) is 79.1 Å². The van der Waals surface area contributed by atoms with E-state index in [0.717, 1.165) is 56.1 Å². The number of rotatable bonds is 0.